The Hall–Kier alpha value is -1.57. The zero-order valence-corrected chi connectivity index (χ0v) is 8.91. The first-order valence-corrected chi connectivity index (χ1v) is 4.64. The van der Waals surface area contributed by atoms with Crippen molar-refractivity contribution in [2.45, 2.75) is 13.8 Å². The highest BCUT2D eigenvalue weighted by Crippen LogP contribution is 2.18. The maximum atomic E-state index is 5.84. The summed E-state index contributed by atoms with van der Waals surface area (Å²) in [5.74, 6) is 0. The smallest absolute Gasteiger partial charge is 0.0349 e. The predicted molar refractivity (Wildman–Crippen MR) is 63.7 cm³/mol. The molecular formula is C12H16N2. The number of aryl methyl sites for hydroxylation is 1. The van der Waals surface area contributed by atoms with E-state index in [0.29, 0.717) is 0 Å². The van der Waals surface area contributed by atoms with Gasteiger partial charge in [-0.1, -0.05) is 18.2 Å². The zero-order valence-electron chi connectivity index (χ0n) is 8.91. The third kappa shape index (κ3) is 2.22. The van der Waals surface area contributed by atoms with Gasteiger partial charge in [-0.15, -0.1) is 0 Å². The van der Waals surface area contributed by atoms with E-state index in [1.807, 2.05) is 38.3 Å². The first-order valence-electron chi connectivity index (χ1n) is 4.64. The van der Waals surface area contributed by atoms with Crippen LogP contribution in [-0.4, -0.2) is 13.3 Å². The minimum absolute atomic E-state index is 0.825. The molecule has 0 unspecified atom stereocenters. The lowest BCUT2D eigenvalue weighted by Gasteiger charge is -2.05. The van der Waals surface area contributed by atoms with E-state index in [0.717, 1.165) is 22.4 Å². The standard InChI is InChI=1S/C12H16N2/c1-4-10(8-14-3)11-6-5-9(2)12(13)7-11/h4-8H,13H2,1-3H3/b10-4+,14-8-. The van der Waals surface area contributed by atoms with Gasteiger partial charge in [-0.25, -0.2) is 0 Å². The van der Waals surface area contributed by atoms with Crippen molar-refractivity contribution < 1.29 is 0 Å². The lowest BCUT2D eigenvalue weighted by atomic mass is 10.0. The Balaban J connectivity index is 3.13. The molecule has 1 aromatic rings. The molecule has 1 rings (SSSR count). The van der Waals surface area contributed by atoms with Gasteiger partial charge in [0, 0.05) is 18.9 Å². The van der Waals surface area contributed by atoms with E-state index < -0.39 is 0 Å². The fraction of sp³-hybridized carbons (Fsp3) is 0.250. The van der Waals surface area contributed by atoms with Gasteiger partial charge in [0.2, 0.25) is 0 Å². The summed E-state index contributed by atoms with van der Waals surface area (Å²) >= 11 is 0. The monoisotopic (exact) mass is 188 g/mol. The fourth-order valence-electron chi connectivity index (χ4n) is 1.27. The first kappa shape index (κ1) is 10.5. The second-order valence-corrected chi connectivity index (χ2v) is 3.20. The number of nitrogens with two attached hydrogens (primary N) is 1. The topological polar surface area (TPSA) is 38.4 Å². The second-order valence-electron chi connectivity index (χ2n) is 3.20. The van der Waals surface area contributed by atoms with Crippen LogP contribution < -0.4 is 5.73 Å². The summed E-state index contributed by atoms with van der Waals surface area (Å²) < 4.78 is 0. The molecule has 0 radical (unpaired) electrons. The largest absolute Gasteiger partial charge is 0.398 e. The molecule has 0 bridgehead atoms. The molecule has 0 aliphatic rings. The van der Waals surface area contributed by atoms with Gasteiger partial charge in [0.25, 0.3) is 0 Å². The van der Waals surface area contributed by atoms with E-state index in [2.05, 4.69) is 11.1 Å². The number of hydrogen-bond donors (Lipinski definition) is 1. The third-order valence-electron chi connectivity index (χ3n) is 2.19. The number of anilines is 1. The Morgan fingerprint density at radius 1 is 1.43 bits per heavy atom. The third-order valence-corrected chi connectivity index (χ3v) is 2.19. The lowest BCUT2D eigenvalue weighted by molar-refractivity contribution is 1.44. The van der Waals surface area contributed by atoms with E-state index >= 15 is 0 Å². The molecule has 2 heteroatoms. The molecule has 1 aromatic carbocycles. The van der Waals surface area contributed by atoms with Gasteiger partial charge >= 0.3 is 0 Å². The maximum Gasteiger partial charge on any atom is 0.0349 e. The lowest BCUT2D eigenvalue weighted by Crippen LogP contribution is -1.92. The number of benzene rings is 1. The van der Waals surface area contributed by atoms with Crippen LogP contribution in [-0.2, 0) is 0 Å². The Morgan fingerprint density at radius 2 is 2.14 bits per heavy atom. The number of hydrogen-bond acceptors (Lipinski definition) is 2. The summed E-state index contributed by atoms with van der Waals surface area (Å²) in [5, 5.41) is 0. The SMILES string of the molecule is C/C=C(\C=N/C)c1ccc(C)c(N)c1. The van der Waals surface area contributed by atoms with Crippen LogP contribution in [0.3, 0.4) is 0 Å². The van der Waals surface area contributed by atoms with E-state index in [1.54, 1.807) is 7.05 Å². The molecule has 0 fully saturated rings. The van der Waals surface area contributed by atoms with Crippen molar-refractivity contribution in [2.24, 2.45) is 4.99 Å². The summed E-state index contributed by atoms with van der Waals surface area (Å²) in [6, 6.07) is 6.06. The molecule has 2 nitrogen and oxygen atoms in total. The van der Waals surface area contributed by atoms with Gasteiger partial charge in [0.05, 0.1) is 0 Å². The van der Waals surface area contributed by atoms with Crippen LogP contribution in [0.15, 0.2) is 29.3 Å². The minimum Gasteiger partial charge on any atom is -0.398 e. The van der Waals surface area contributed by atoms with Crippen molar-refractivity contribution in [1.29, 1.82) is 0 Å². The Kier molecular flexibility index (Phi) is 3.46. The summed E-state index contributed by atoms with van der Waals surface area (Å²) in [4.78, 5) is 4.00. The normalized spacial score (nSPS) is 12.4. The van der Waals surface area contributed by atoms with E-state index in [1.165, 1.54) is 0 Å². The highest BCUT2D eigenvalue weighted by Gasteiger charge is 1.99. The van der Waals surface area contributed by atoms with Crippen molar-refractivity contribution in [1.82, 2.24) is 0 Å². The summed E-state index contributed by atoms with van der Waals surface area (Å²) in [5.41, 5.74) is 9.98. The molecule has 0 heterocycles. The molecule has 0 spiro atoms. The van der Waals surface area contributed by atoms with E-state index in [9.17, 15) is 0 Å². The van der Waals surface area contributed by atoms with Crippen LogP contribution in [0.25, 0.3) is 5.57 Å². The molecule has 0 amide bonds. The van der Waals surface area contributed by atoms with Crippen molar-refractivity contribution in [3.8, 4) is 0 Å². The van der Waals surface area contributed by atoms with E-state index in [-0.39, 0.29) is 0 Å². The molecule has 74 valence electrons. The molecule has 0 aliphatic carbocycles. The number of aliphatic imine (C=N–C) groups is 1. The van der Waals surface area contributed by atoms with Crippen LogP contribution in [0, 0.1) is 6.92 Å². The number of nitrogens with zero attached hydrogens (tertiary/aromatic N) is 1. The van der Waals surface area contributed by atoms with Gasteiger partial charge in [-0.3, -0.25) is 4.99 Å². The van der Waals surface area contributed by atoms with Gasteiger partial charge in [0.15, 0.2) is 0 Å². The average molecular weight is 188 g/mol. The zero-order chi connectivity index (χ0) is 10.6. The summed E-state index contributed by atoms with van der Waals surface area (Å²) in [6.07, 6.45) is 3.86. The van der Waals surface area contributed by atoms with Crippen molar-refractivity contribution in [3.63, 3.8) is 0 Å². The van der Waals surface area contributed by atoms with Crippen LogP contribution >= 0.6 is 0 Å². The van der Waals surface area contributed by atoms with Gasteiger partial charge in [-0.05, 0) is 36.6 Å². The van der Waals surface area contributed by atoms with Gasteiger partial charge in [-0.2, -0.15) is 0 Å². The summed E-state index contributed by atoms with van der Waals surface area (Å²) in [6.45, 7) is 4.00. The fourth-order valence-corrected chi connectivity index (χ4v) is 1.27. The number of rotatable bonds is 2. The highest BCUT2D eigenvalue weighted by molar-refractivity contribution is 6.09. The summed E-state index contributed by atoms with van der Waals surface area (Å²) in [7, 11) is 1.76. The number of nitrogen functional groups attached to an aromatic ring is 1. The van der Waals surface area contributed by atoms with Crippen LogP contribution in [0.1, 0.15) is 18.1 Å². The Labute approximate surface area is 85.2 Å². The predicted octanol–water partition coefficient (Wildman–Crippen LogP) is 2.68. The van der Waals surface area contributed by atoms with Crippen LogP contribution in [0.4, 0.5) is 5.69 Å². The number of allylic oxidation sites excluding steroid dienone is 2. The van der Waals surface area contributed by atoms with Crippen molar-refractivity contribution >= 4 is 17.5 Å². The Bertz CT molecular complexity index is 376. The molecule has 0 saturated heterocycles. The molecule has 2 N–H and O–H groups in total. The molecule has 0 aliphatic heterocycles. The molecule has 0 aromatic heterocycles. The molecule has 0 saturated carbocycles. The second kappa shape index (κ2) is 4.61. The quantitative estimate of drug-likeness (QED) is 0.562. The molecule has 0 atom stereocenters. The van der Waals surface area contributed by atoms with E-state index in [4.69, 9.17) is 5.73 Å². The highest BCUT2D eigenvalue weighted by atomic mass is 14.6. The molecular weight excluding hydrogens is 172 g/mol. The Morgan fingerprint density at radius 3 is 2.64 bits per heavy atom. The van der Waals surface area contributed by atoms with Crippen molar-refractivity contribution in [3.05, 3.63) is 35.4 Å². The minimum atomic E-state index is 0.825. The maximum absolute atomic E-state index is 5.84. The first-order chi connectivity index (χ1) is 6.69. The molecule has 14 heavy (non-hydrogen) atoms. The van der Waals surface area contributed by atoms with Crippen LogP contribution in [0.5, 0.6) is 0 Å². The average Bonchev–Trinajstić information content (AvgIpc) is 2.19. The van der Waals surface area contributed by atoms with Gasteiger partial charge in [0.1, 0.15) is 0 Å². The van der Waals surface area contributed by atoms with Crippen molar-refractivity contribution in [2.75, 3.05) is 12.8 Å². The van der Waals surface area contributed by atoms with Gasteiger partial charge < -0.3 is 5.73 Å². The van der Waals surface area contributed by atoms with Crippen LogP contribution in [0.2, 0.25) is 0 Å².